The van der Waals surface area contributed by atoms with Crippen LogP contribution in [0.15, 0.2) is 12.1 Å². The van der Waals surface area contributed by atoms with Crippen molar-refractivity contribution >= 4 is 0 Å². The average molecular weight is 279 g/mol. The highest BCUT2D eigenvalue weighted by Gasteiger charge is 2.62. The van der Waals surface area contributed by atoms with Crippen LogP contribution in [0.1, 0.15) is 11.6 Å². The SMILES string of the molecule is N[C@@H](c1c(F)ccc(F)c1F)C(F)(F)C(F)(F)F. The number of hydrogen-bond donors (Lipinski definition) is 1. The van der Waals surface area contributed by atoms with Gasteiger partial charge in [0.15, 0.2) is 11.6 Å². The molecule has 0 aliphatic rings. The zero-order chi connectivity index (χ0) is 14.3. The van der Waals surface area contributed by atoms with E-state index in [4.69, 9.17) is 0 Å². The molecule has 0 heterocycles. The highest BCUT2D eigenvalue weighted by molar-refractivity contribution is 5.26. The van der Waals surface area contributed by atoms with E-state index in [0.717, 1.165) is 0 Å². The van der Waals surface area contributed by atoms with Crippen LogP contribution in [0.3, 0.4) is 0 Å². The van der Waals surface area contributed by atoms with Crippen molar-refractivity contribution in [1.82, 2.24) is 0 Å². The molecule has 1 atom stereocenters. The summed E-state index contributed by atoms with van der Waals surface area (Å²) in [4.78, 5) is 0. The molecule has 9 heteroatoms. The van der Waals surface area contributed by atoms with Gasteiger partial charge in [0.05, 0.1) is 0 Å². The Bertz CT molecular complexity index is 453. The van der Waals surface area contributed by atoms with Gasteiger partial charge in [0.25, 0.3) is 0 Å². The Morgan fingerprint density at radius 1 is 0.889 bits per heavy atom. The molecule has 0 unspecified atom stereocenters. The third kappa shape index (κ3) is 2.26. The molecule has 1 aromatic carbocycles. The summed E-state index contributed by atoms with van der Waals surface area (Å²) in [5, 5.41) is 0. The fourth-order valence-electron chi connectivity index (χ4n) is 1.19. The van der Waals surface area contributed by atoms with Crippen molar-refractivity contribution in [2.24, 2.45) is 5.73 Å². The lowest BCUT2D eigenvalue weighted by atomic mass is 9.99. The molecule has 1 aromatic rings. The lowest BCUT2D eigenvalue weighted by Crippen LogP contribution is -2.46. The molecule has 18 heavy (non-hydrogen) atoms. The van der Waals surface area contributed by atoms with Crippen LogP contribution in [0.5, 0.6) is 0 Å². The second-order valence-electron chi connectivity index (χ2n) is 3.36. The van der Waals surface area contributed by atoms with Crippen LogP contribution in [0.25, 0.3) is 0 Å². The molecule has 0 aromatic heterocycles. The number of benzene rings is 1. The Morgan fingerprint density at radius 3 is 1.78 bits per heavy atom. The summed E-state index contributed by atoms with van der Waals surface area (Å²) in [5.41, 5.74) is 2.66. The van der Waals surface area contributed by atoms with Crippen LogP contribution in [-0.2, 0) is 0 Å². The first-order chi connectivity index (χ1) is 8.00. The third-order valence-electron chi connectivity index (χ3n) is 2.16. The van der Waals surface area contributed by atoms with Crippen molar-refractivity contribution < 1.29 is 35.1 Å². The summed E-state index contributed by atoms with van der Waals surface area (Å²) < 4.78 is 100. The minimum absolute atomic E-state index is 0.208. The normalized spacial score (nSPS) is 14.7. The van der Waals surface area contributed by atoms with Gasteiger partial charge in [-0.05, 0) is 12.1 Å². The van der Waals surface area contributed by atoms with Gasteiger partial charge in [0, 0.05) is 5.56 Å². The van der Waals surface area contributed by atoms with Gasteiger partial charge in [-0.1, -0.05) is 0 Å². The second-order valence-corrected chi connectivity index (χ2v) is 3.36. The zero-order valence-electron chi connectivity index (χ0n) is 8.33. The van der Waals surface area contributed by atoms with E-state index in [9.17, 15) is 35.1 Å². The standard InChI is InChI=1S/C9H5F8N/c10-3-1-2-4(11)6(12)5(3)7(18)8(13,14)9(15,16)17/h1-2,7H,18H2/t7-/m0/s1. The highest BCUT2D eigenvalue weighted by Crippen LogP contribution is 2.44. The van der Waals surface area contributed by atoms with Gasteiger partial charge in [-0.25, -0.2) is 13.2 Å². The number of rotatable bonds is 2. The van der Waals surface area contributed by atoms with Crippen LogP contribution in [0.2, 0.25) is 0 Å². The molecule has 1 rings (SSSR count). The lowest BCUT2D eigenvalue weighted by Gasteiger charge is -2.26. The van der Waals surface area contributed by atoms with E-state index in [1.54, 1.807) is 0 Å². The molecule has 0 radical (unpaired) electrons. The molecule has 0 spiro atoms. The van der Waals surface area contributed by atoms with E-state index in [-0.39, 0.29) is 12.1 Å². The molecule has 102 valence electrons. The molecule has 2 N–H and O–H groups in total. The van der Waals surface area contributed by atoms with Crippen molar-refractivity contribution in [3.05, 3.63) is 35.1 Å². The number of nitrogens with two attached hydrogens (primary N) is 1. The van der Waals surface area contributed by atoms with E-state index in [0.29, 0.717) is 0 Å². The van der Waals surface area contributed by atoms with Crippen LogP contribution < -0.4 is 5.73 Å². The minimum atomic E-state index is -6.11. The molecule has 0 aliphatic heterocycles. The third-order valence-corrected chi connectivity index (χ3v) is 2.16. The average Bonchev–Trinajstić information content (AvgIpc) is 2.22. The van der Waals surface area contributed by atoms with Gasteiger partial charge in [0.1, 0.15) is 11.9 Å². The van der Waals surface area contributed by atoms with Crippen LogP contribution in [0.4, 0.5) is 35.1 Å². The maximum Gasteiger partial charge on any atom is 0.455 e. The Morgan fingerprint density at radius 2 is 1.33 bits per heavy atom. The largest absolute Gasteiger partial charge is 0.455 e. The predicted molar refractivity (Wildman–Crippen MR) is 44.2 cm³/mol. The topological polar surface area (TPSA) is 26.0 Å². The number of alkyl halides is 5. The molecular formula is C9H5F8N. The van der Waals surface area contributed by atoms with Gasteiger partial charge in [0.2, 0.25) is 0 Å². The first-order valence-electron chi connectivity index (χ1n) is 4.33. The molecule has 1 nitrogen and oxygen atoms in total. The van der Waals surface area contributed by atoms with Crippen molar-refractivity contribution in [3.8, 4) is 0 Å². The van der Waals surface area contributed by atoms with Gasteiger partial charge in [-0.2, -0.15) is 22.0 Å². The quantitative estimate of drug-likeness (QED) is 0.652. The van der Waals surface area contributed by atoms with Crippen molar-refractivity contribution in [3.63, 3.8) is 0 Å². The first kappa shape index (κ1) is 14.7. The molecule has 0 saturated heterocycles. The van der Waals surface area contributed by atoms with E-state index in [2.05, 4.69) is 5.73 Å². The lowest BCUT2D eigenvalue weighted by molar-refractivity contribution is -0.291. The summed E-state index contributed by atoms with van der Waals surface area (Å²) in [6.45, 7) is 0. The van der Waals surface area contributed by atoms with Crippen LogP contribution in [0, 0.1) is 17.5 Å². The predicted octanol–water partition coefficient (Wildman–Crippen LogP) is 3.30. The van der Waals surface area contributed by atoms with E-state index in [1.807, 2.05) is 0 Å². The Labute approximate surface area is 95.2 Å². The second kappa shape index (κ2) is 4.38. The van der Waals surface area contributed by atoms with Gasteiger partial charge in [-0.3, -0.25) is 0 Å². The van der Waals surface area contributed by atoms with Gasteiger partial charge in [-0.15, -0.1) is 0 Å². The summed E-state index contributed by atoms with van der Waals surface area (Å²) >= 11 is 0. The highest BCUT2D eigenvalue weighted by atomic mass is 19.4. The van der Waals surface area contributed by atoms with Crippen LogP contribution >= 0.6 is 0 Å². The fourth-order valence-corrected chi connectivity index (χ4v) is 1.19. The Hall–Kier alpha value is -1.38. The molecule has 0 aliphatic carbocycles. The molecule has 0 saturated carbocycles. The summed E-state index contributed by atoms with van der Waals surface area (Å²) in [5.74, 6) is -11.3. The zero-order valence-corrected chi connectivity index (χ0v) is 8.33. The first-order valence-corrected chi connectivity index (χ1v) is 4.33. The van der Waals surface area contributed by atoms with Crippen molar-refractivity contribution in [2.75, 3.05) is 0 Å². The number of halogens is 8. The van der Waals surface area contributed by atoms with E-state index >= 15 is 0 Å². The van der Waals surface area contributed by atoms with Crippen LogP contribution in [-0.4, -0.2) is 12.1 Å². The minimum Gasteiger partial charge on any atom is -0.319 e. The number of hydrogen-bond acceptors (Lipinski definition) is 1. The summed E-state index contributed by atoms with van der Waals surface area (Å²) in [6, 6.07) is -2.93. The maximum absolute atomic E-state index is 13.0. The smallest absolute Gasteiger partial charge is 0.319 e. The molecule has 0 amide bonds. The summed E-state index contributed by atoms with van der Waals surface area (Å²) in [6.07, 6.45) is -6.11. The van der Waals surface area contributed by atoms with Crippen molar-refractivity contribution in [1.29, 1.82) is 0 Å². The maximum atomic E-state index is 13.0. The summed E-state index contributed by atoms with van der Waals surface area (Å²) in [7, 11) is 0. The molecular weight excluding hydrogens is 274 g/mol. The fraction of sp³-hybridized carbons (Fsp3) is 0.333. The van der Waals surface area contributed by atoms with Gasteiger partial charge >= 0.3 is 12.1 Å². The Balaban J connectivity index is 3.36. The Kier molecular flexibility index (Phi) is 3.57. The van der Waals surface area contributed by atoms with E-state index in [1.165, 1.54) is 0 Å². The molecule has 0 fully saturated rings. The van der Waals surface area contributed by atoms with E-state index < -0.39 is 41.2 Å². The monoisotopic (exact) mass is 279 g/mol. The molecule has 0 bridgehead atoms. The van der Waals surface area contributed by atoms with Crippen molar-refractivity contribution in [2.45, 2.75) is 18.1 Å². The van der Waals surface area contributed by atoms with Gasteiger partial charge < -0.3 is 5.73 Å².